The van der Waals surface area contributed by atoms with Crippen LogP contribution in [0, 0.1) is 0 Å². The third kappa shape index (κ3) is 3.45. The summed E-state index contributed by atoms with van der Waals surface area (Å²) in [5, 5.41) is 4.96. The van der Waals surface area contributed by atoms with E-state index < -0.39 is 9.84 Å². The molecule has 1 aromatic heterocycles. The van der Waals surface area contributed by atoms with Gasteiger partial charge in [-0.05, 0) is 56.3 Å². The van der Waals surface area contributed by atoms with Crippen LogP contribution >= 0.6 is 0 Å². The first kappa shape index (κ1) is 17.7. The van der Waals surface area contributed by atoms with Crippen molar-refractivity contribution in [3.8, 4) is 5.69 Å². The SMILES string of the molecule is CCCN(Cc1nn(-c2ccccc2)c2c1CCC2)[C@H]1CCS(=O)(=O)C1. The number of sulfone groups is 1. The molecule has 6 heteroatoms. The molecule has 0 saturated carbocycles. The highest BCUT2D eigenvalue weighted by atomic mass is 32.2. The summed E-state index contributed by atoms with van der Waals surface area (Å²) < 4.78 is 26.0. The monoisotopic (exact) mass is 373 g/mol. The topological polar surface area (TPSA) is 55.2 Å². The van der Waals surface area contributed by atoms with Crippen molar-refractivity contribution in [2.24, 2.45) is 0 Å². The van der Waals surface area contributed by atoms with Crippen LogP contribution in [0.2, 0.25) is 0 Å². The van der Waals surface area contributed by atoms with Crippen LogP contribution in [-0.2, 0) is 29.2 Å². The van der Waals surface area contributed by atoms with Crippen molar-refractivity contribution in [3.63, 3.8) is 0 Å². The number of benzene rings is 1. The van der Waals surface area contributed by atoms with Crippen molar-refractivity contribution in [2.75, 3.05) is 18.1 Å². The fraction of sp³-hybridized carbons (Fsp3) is 0.550. The van der Waals surface area contributed by atoms with Gasteiger partial charge < -0.3 is 0 Å². The molecule has 2 aliphatic rings. The fourth-order valence-electron chi connectivity index (χ4n) is 4.36. The zero-order valence-electron chi connectivity index (χ0n) is 15.4. The molecule has 1 aliphatic carbocycles. The van der Waals surface area contributed by atoms with Crippen molar-refractivity contribution in [3.05, 3.63) is 47.3 Å². The Hall–Kier alpha value is -1.66. The Labute approximate surface area is 155 Å². The van der Waals surface area contributed by atoms with E-state index in [2.05, 4.69) is 28.6 Å². The van der Waals surface area contributed by atoms with Crippen LogP contribution in [0.25, 0.3) is 5.69 Å². The van der Waals surface area contributed by atoms with Gasteiger partial charge in [-0.25, -0.2) is 13.1 Å². The van der Waals surface area contributed by atoms with Gasteiger partial charge in [-0.3, -0.25) is 4.90 Å². The molecule has 0 radical (unpaired) electrons. The van der Waals surface area contributed by atoms with Gasteiger partial charge in [-0.2, -0.15) is 5.10 Å². The maximum absolute atomic E-state index is 11.9. The molecule has 140 valence electrons. The van der Waals surface area contributed by atoms with E-state index in [1.54, 1.807) is 0 Å². The van der Waals surface area contributed by atoms with Crippen LogP contribution < -0.4 is 0 Å². The Morgan fingerprint density at radius 1 is 1.23 bits per heavy atom. The van der Waals surface area contributed by atoms with E-state index >= 15 is 0 Å². The summed E-state index contributed by atoms with van der Waals surface area (Å²) in [6.45, 7) is 3.84. The highest BCUT2D eigenvalue weighted by Gasteiger charge is 2.33. The Morgan fingerprint density at radius 3 is 2.73 bits per heavy atom. The number of aromatic nitrogens is 2. The van der Waals surface area contributed by atoms with E-state index in [-0.39, 0.29) is 6.04 Å². The molecule has 5 nitrogen and oxygen atoms in total. The van der Waals surface area contributed by atoms with Crippen LogP contribution in [0.1, 0.15) is 43.1 Å². The lowest BCUT2D eigenvalue weighted by atomic mass is 10.1. The molecule has 0 spiro atoms. The number of hydrogen-bond donors (Lipinski definition) is 0. The average molecular weight is 374 g/mol. The van der Waals surface area contributed by atoms with Crippen LogP contribution in [0.5, 0.6) is 0 Å². The van der Waals surface area contributed by atoms with Crippen LogP contribution in [0.3, 0.4) is 0 Å². The van der Waals surface area contributed by atoms with Gasteiger partial charge in [0.15, 0.2) is 9.84 Å². The number of fused-ring (bicyclic) bond motifs is 1. The minimum atomic E-state index is -2.87. The lowest BCUT2D eigenvalue weighted by molar-refractivity contribution is 0.200. The first-order valence-electron chi connectivity index (χ1n) is 9.67. The number of rotatable bonds is 6. The minimum absolute atomic E-state index is 0.138. The molecule has 26 heavy (non-hydrogen) atoms. The predicted molar refractivity (Wildman–Crippen MR) is 103 cm³/mol. The largest absolute Gasteiger partial charge is 0.293 e. The number of nitrogens with zero attached hydrogens (tertiary/aromatic N) is 3. The zero-order chi connectivity index (χ0) is 18.1. The highest BCUT2D eigenvalue weighted by molar-refractivity contribution is 7.91. The van der Waals surface area contributed by atoms with Crippen LogP contribution in [-0.4, -0.2) is 47.2 Å². The first-order chi connectivity index (χ1) is 12.6. The quantitative estimate of drug-likeness (QED) is 0.781. The molecule has 0 N–H and O–H groups in total. The van der Waals surface area contributed by atoms with E-state index in [9.17, 15) is 8.42 Å². The van der Waals surface area contributed by atoms with Gasteiger partial charge in [0.25, 0.3) is 0 Å². The molecule has 1 atom stereocenters. The second-order valence-corrected chi connectivity index (χ2v) is 9.73. The summed E-state index contributed by atoms with van der Waals surface area (Å²) in [5.74, 6) is 0.628. The minimum Gasteiger partial charge on any atom is -0.293 e. The van der Waals surface area contributed by atoms with Crippen molar-refractivity contribution in [1.29, 1.82) is 0 Å². The van der Waals surface area contributed by atoms with Crippen LogP contribution in [0.15, 0.2) is 30.3 Å². The summed E-state index contributed by atoms with van der Waals surface area (Å²) in [4.78, 5) is 2.35. The van der Waals surface area contributed by atoms with E-state index in [0.717, 1.165) is 50.2 Å². The van der Waals surface area contributed by atoms with Crippen LogP contribution in [0.4, 0.5) is 0 Å². The van der Waals surface area contributed by atoms with Gasteiger partial charge in [-0.15, -0.1) is 0 Å². The van der Waals surface area contributed by atoms with E-state index in [4.69, 9.17) is 5.10 Å². The fourth-order valence-corrected chi connectivity index (χ4v) is 6.12. The third-order valence-corrected chi connectivity index (χ3v) is 7.35. The molecule has 1 fully saturated rings. The van der Waals surface area contributed by atoms with Gasteiger partial charge in [0, 0.05) is 18.3 Å². The zero-order valence-corrected chi connectivity index (χ0v) is 16.2. The van der Waals surface area contributed by atoms with Crippen molar-refractivity contribution >= 4 is 9.84 Å². The lowest BCUT2D eigenvalue weighted by Crippen LogP contribution is -2.36. The highest BCUT2D eigenvalue weighted by Crippen LogP contribution is 2.29. The Bertz CT molecular complexity index is 874. The molecule has 2 aromatic rings. The maximum Gasteiger partial charge on any atom is 0.151 e. The van der Waals surface area contributed by atoms with E-state index in [1.807, 2.05) is 18.2 Å². The molecular weight excluding hydrogens is 346 g/mol. The van der Waals surface area contributed by atoms with Gasteiger partial charge in [0.1, 0.15) is 0 Å². The molecule has 0 unspecified atom stereocenters. The standard InChI is InChI=1S/C20H27N3O2S/c1-2-12-22(17-11-13-26(24,25)15-17)14-19-18-9-6-10-20(18)23(21-19)16-7-4-3-5-8-16/h3-5,7-8,17H,2,6,9-15H2,1H3/t17-/m0/s1. The second-order valence-electron chi connectivity index (χ2n) is 7.50. The van der Waals surface area contributed by atoms with Gasteiger partial charge in [0.2, 0.25) is 0 Å². The third-order valence-electron chi connectivity index (χ3n) is 5.60. The van der Waals surface area contributed by atoms with Crippen molar-refractivity contribution < 1.29 is 8.42 Å². The van der Waals surface area contributed by atoms with Gasteiger partial charge >= 0.3 is 0 Å². The number of para-hydroxylation sites is 1. The van der Waals surface area contributed by atoms with Gasteiger partial charge in [-0.1, -0.05) is 25.1 Å². The summed E-state index contributed by atoms with van der Waals surface area (Å²) in [5.41, 5.74) is 4.97. The molecule has 1 aliphatic heterocycles. The summed E-state index contributed by atoms with van der Waals surface area (Å²) in [6.07, 6.45) is 5.11. The summed E-state index contributed by atoms with van der Waals surface area (Å²) >= 11 is 0. The van der Waals surface area contributed by atoms with Gasteiger partial charge in [0.05, 0.1) is 22.9 Å². The second kappa shape index (κ2) is 7.16. The average Bonchev–Trinajstić information content (AvgIpc) is 3.31. The maximum atomic E-state index is 11.9. The Morgan fingerprint density at radius 2 is 2.04 bits per heavy atom. The molecule has 0 bridgehead atoms. The Balaban J connectivity index is 1.63. The summed E-state index contributed by atoms with van der Waals surface area (Å²) in [7, 11) is -2.87. The van der Waals surface area contributed by atoms with Crippen molar-refractivity contribution in [1.82, 2.24) is 14.7 Å². The molecule has 1 saturated heterocycles. The predicted octanol–water partition coefficient (Wildman–Crippen LogP) is 2.76. The molecule has 4 rings (SSSR count). The first-order valence-corrected chi connectivity index (χ1v) is 11.5. The van der Waals surface area contributed by atoms with E-state index in [1.165, 1.54) is 17.7 Å². The molecule has 0 amide bonds. The summed E-state index contributed by atoms with van der Waals surface area (Å²) in [6, 6.07) is 10.5. The van der Waals surface area contributed by atoms with E-state index in [0.29, 0.717) is 11.5 Å². The molecule has 2 heterocycles. The van der Waals surface area contributed by atoms with Crippen molar-refractivity contribution in [2.45, 2.75) is 51.6 Å². The molecule has 1 aromatic carbocycles. The lowest BCUT2D eigenvalue weighted by Gasteiger charge is -2.27. The molecular formula is C20H27N3O2S. The Kier molecular flexibility index (Phi) is 4.88. The smallest absolute Gasteiger partial charge is 0.151 e. The normalized spacial score (nSPS) is 21.4. The number of hydrogen-bond acceptors (Lipinski definition) is 4.